The molecule has 0 saturated carbocycles. The van der Waals surface area contributed by atoms with Crippen LogP contribution in [-0.2, 0) is 14.6 Å². The molecule has 1 amide bonds. The van der Waals surface area contributed by atoms with Gasteiger partial charge in [0.2, 0.25) is 5.91 Å². The first kappa shape index (κ1) is 21.9. The second-order valence-corrected chi connectivity index (χ2v) is 9.05. The lowest BCUT2D eigenvalue weighted by Gasteiger charge is -2.25. The van der Waals surface area contributed by atoms with Gasteiger partial charge in [0, 0.05) is 13.0 Å². The zero-order valence-electron chi connectivity index (χ0n) is 16.8. The lowest BCUT2D eigenvalue weighted by molar-refractivity contribution is -0.120. The van der Waals surface area contributed by atoms with Crippen molar-refractivity contribution in [3.63, 3.8) is 0 Å². The summed E-state index contributed by atoms with van der Waals surface area (Å²) in [5.41, 5.74) is 2.00. The minimum atomic E-state index is -3.48. The average molecular weight is 405 g/mol. The highest BCUT2D eigenvalue weighted by atomic mass is 32.2. The van der Waals surface area contributed by atoms with Gasteiger partial charge in [-0.3, -0.25) is 4.79 Å². The molecule has 0 bridgehead atoms. The Balaban J connectivity index is 1.95. The maximum atomic E-state index is 12.4. The van der Waals surface area contributed by atoms with Gasteiger partial charge in [0.25, 0.3) is 0 Å². The quantitative estimate of drug-likeness (QED) is 0.695. The molecular formula is C21H28N2O4S. The zero-order valence-corrected chi connectivity index (χ0v) is 17.6. The number of methoxy groups -OCH3 is 1. The second kappa shape index (κ2) is 9.71. The van der Waals surface area contributed by atoms with Crippen molar-refractivity contribution in [2.45, 2.75) is 24.3 Å². The number of hydrogen-bond acceptors (Lipinski definition) is 5. The molecule has 1 atom stereocenters. The number of hydrogen-bond donors (Lipinski definition) is 1. The molecule has 0 aliphatic rings. The molecule has 28 heavy (non-hydrogen) atoms. The van der Waals surface area contributed by atoms with E-state index in [9.17, 15) is 13.2 Å². The van der Waals surface area contributed by atoms with E-state index in [0.717, 1.165) is 16.9 Å². The number of carbonyl (C=O) groups is 1. The SMILES string of the molecule is COc1cccc(C(CNC(=O)CCS(=O)(=O)c2ccc(C)cc2)N(C)C)c1. The van der Waals surface area contributed by atoms with Crippen LogP contribution in [0.15, 0.2) is 53.4 Å². The van der Waals surface area contributed by atoms with Crippen molar-refractivity contribution in [2.24, 2.45) is 0 Å². The van der Waals surface area contributed by atoms with Crippen molar-refractivity contribution in [3.05, 3.63) is 59.7 Å². The van der Waals surface area contributed by atoms with Crippen LogP contribution in [0.4, 0.5) is 0 Å². The van der Waals surface area contributed by atoms with Crippen molar-refractivity contribution < 1.29 is 17.9 Å². The fourth-order valence-electron chi connectivity index (χ4n) is 2.84. The number of ether oxygens (including phenoxy) is 1. The van der Waals surface area contributed by atoms with Gasteiger partial charge in [-0.15, -0.1) is 0 Å². The van der Waals surface area contributed by atoms with E-state index in [1.54, 1.807) is 31.4 Å². The van der Waals surface area contributed by atoms with Gasteiger partial charge >= 0.3 is 0 Å². The highest BCUT2D eigenvalue weighted by Crippen LogP contribution is 2.22. The summed E-state index contributed by atoms with van der Waals surface area (Å²) in [4.78, 5) is 14.5. The molecule has 2 aromatic rings. The lowest BCUT2D eigenvalue weighted by Crippen LogP contribution is -2.35. The summed E-state index contributed by atoms with van der Waals surface area (Å²) >= 11 is 0. The summed E-state index contributed by atoms with van der Waals surface area (Å²) in [6.07, 6.45) is -0.0749. The topological polar surface area (TPSA) is 75.7 Å². The van der Waals surface area contributed by atoms with Gasteiger partial charge in [-0.05, 0) is 50.8 Å². The van der Waals surface area contributed by atoms with E-state index in [1.165, 1.54) is 0 Å². The normalized spacial score (nSPS) is 12.6. The van der Waals surface area contributed by atoms with Crippen LogP contribution in [-0.4, -0.2) is 52.7 Å². The number of aryl methyl sites for hydroxylation is 1. The van der Waals surface area contributed by atoms with Crippen LogP contribution in [0.2, 0.25) is 0 Å². The standard InChI is InChI=1S/C21H28N2O4S/c1-16-8-10-19(11-9-16)28(25,26)13-12-21(24)22-15-20(23(2)3)17-6-5-7-18(14-17)27-4/h5-11,14,20H,12-13,15H2,1-4H3,(H,22,24). The summed E-state index contributed by atoms with van der Waals surface area (Å²) in [5, 5.41) is 2.85. The molecule has 0 spiro atoms. The molecule has 1 N–H and O–H groups in total. The Morgan fingerprint density at radius 1 is 1.14 bits per heavy atom. The van der Waals surface area contributed by atoms with Gasteiger partial charge in [0.1, 0.15) is 5.75 Å². The predicted octanol–water partition coefficient (Wildman–Crippen LogP) is 2.59. The summed E-state index contributed by atoms with van der Waals surface area (Å²) < 4.78 is 30.0. The summed E-state index contributed by atoms with van der Waals surface area (Å²) in [6.45, 7) is 2.27. The molecule has 2 aromatic carbocycles. The summed E-state index contributed by atoms with van der Waals surface area (Å²) in [7, 11) is 1.99. The van der Waals surface area contributed by atoms with E-state index >= 15 is 0 Å². The number of amides is 1. The number of nitrogens with one attached hydrogen (secondary N) is 1. The van der Waals surface area contributed by atoms with Gasteiger partial charge < -0.3 is 15.0 Å². The van der Waals surface area contributed by atoms with Crippen molar-refractivity contribution in [1.29, 1.82) is 0 Å². The minimum Gasteiger partial charge on any atom is -0.497 e. The molecule has 0 aliphatic heterocycles. The second-order valence-electron chi connectivity index (χ2n) is 6.94. The molecule has 0 fully saturated rings. The Labute approximate surface area is 167 Å². The number of nitrogens with zero attached hydrogens (tertiary/aromatic N) is 1. The van der Waals surface area contributed by atoms with E-state index in [-0.39, 0.29) is 29.0 Å². The van der Waals surface area contributed by atoms with Crippen molar-refractivity contribution in [2.75, 3.05) is 33.5 Å². The largest absolute Gasteiger partial charge is 0.497 e. The average Bonchev–Trinajstić information content (AvgIpc) is 2.67. The Morgan fingerprint density at radius 3 is 2.43 bits per heavy atom. The third-order valence-electron chi connectivity index (χ3n) is 4.57. The Hall–Kier alpha value is -2.38. The predicted molar refractivity (Wildman–Crippen MR) is 110 cm³/mol. The van der Waals surface area contributed by atoms with Gasteiger partial charge in [-0.2, -0.15) is 0 Å². The van der Waals surface area contributed by atoms with Gasteiger partial charge in [-0.1, -0.05) is 29.8 Å². The number of benzene rings is 2. The third kappa shape index (κ3) is 6.07. The molecule has 0 radical (unpaired) electrons. The van der Waals surface area contributed by atoms with Gasteiger partial charge in [0.05, 0.1) is 23.8 Å². The Morgan fingerprint density at radius 2 is 1.82 bits per heavy atom. The molecule has 0 saturated heterocycles. The minimum absolute atomic E-state index is 0.0484. The third-order valence-corrected chi connectivity index (χ3v) is 6.30. The Bertz CT molecular complexity index is 893. The summed E-state index contributed by atoms with van der Waals surface area (Å²) in [5.74, 6) is 0.249. The maximum Gasteiger partial charge on any atom is 0.221 e. The monoisotopic (exact) mass is 404 g/mol. The van der Waals surface area contributed by atoms with Gasteiger partial charge in [-0.25, -0.2) is 8.42 Å². The van der Waals surface area contributed by atoms with Gasteiger partial charge in [0.15, 0.2) is 9.84 Å². The van der Waals surface area contributed by atoms with Crippen LogP contribution in [0.3, 0.4) is 0 Å². The lowest BCUT2D eigenvalue weighted by atomic mass is 10.1. The molecule has 0 aliphatic carbocycles. The van der Waals surface area contributed by atoms with E-state index in [1.807, 2.05) is 50.2 Å². The fourth-order valence-corrected chi connectivity index (χ4v) is 4.08. The highest BCUT2D eigenvalue weighted by Gasteiger charge is 2.19. The number of carbonyl (C=O) groups excluding carboxylic acids is 1. The number of sulfone groups is 1. The number of likely N-dealkylation sites (N-methyl/N-ethyl adjacent to an activating group) is 1. The van der Waals surface area contributed by atoms with Crippen LogP contribution >= 0.6 is 0 Å². The first-order valence-corrected chi connectivity index (χ1v) is 10.7. The van der Waals surface area contributed by atoms with Crippen LogP contribution in [0, 0.1) is 6.92 Å². The molecule has 1 unspecified atom stereocenters. The van der Waals surface area contributed by atoms with Crippen molar-refractivity contribution >= 4 is 15.7 Å². The molecule has 0 aromatic heterocycles. The smallest absolute Gasteiger partial charge is 0.221 e. The van der Waals surface area contributed by atoms with Crippen molar-refractivity contribution in [1.82, 2.24) is 10.2 Å². The highest BCUT2D eigenvalue weighted by molar-refractivity contribution is 7.91. The van der Waals surface area contributed by atoms with Crippen LogP contribution in [0.25, 0.3) is 0 Å². The first-order valence-electron chi connectivity index (χ1n) is 9.09. The van der Waals surface area contributed by atoms with Crippen LogP contribution < -0.4 is 10.1 Å². The van der Waals surface area contributed by atoms with Crippen LogP contribution in [0.5, 0.6) is 5.75 Å². The number of rotatable bonds is 9. The summed E-state index contributed by atoms with van der Waals surface area (Å²) in [6, 6.07) is 14.3. The van der Waals surface area contributed by atoms with Crippen LogP contribution in [0.1, 0.15) is 23.6 Å². The van der Waals surface area contributed by atoms with Crippen molar-refractivity contribution in [3.8, 4) is 5.75 Å². The van der Waals surface area contributed by atoms with E-state index < -0.39 is 9.84 Å². The maximum absolute atomic E-state index is 12.4. The zero-order chi connectivity index (χ0) is 20.7. The molecule has 152 valence electrons. The van der Waals surface area contributed by atoms with E-state index in [2.05, 4.69) is 5.32 Å². The molecule has 6 nitrogen and oxygen atoms in total. The molecule has 7 heteroatoms. The molecule has 0 heterocycles. The Kier molecular flexibility index (Phi) is 7.60. The van der Waals surface area contributed by atoms with E-state index in [0.29, 0.717) is 6.54 Å². The fraction of sp³-hybridized carbons (Fsp3) is 0.381. The molecular weight excluding hydrogens is 376 g/mol. The molecule has 2 rings (SSSR count). The first-order chi connectivity index (χ1) is 13.2. The van der Waals surface area contributed by atoms with E-state index in [4.69, 9.17) is 4.74 Å².